The predicted octanol–water partition coefficient (Wildman–Crippen LogP) is 1.98. The first-order chi connectivity index (χ1) is 8.04. The molecule has 1 aromatic carbocycles. The van der Waals surface area contributed by atoms with Crippen LogP contribution in [0.2, 0.25) is 0 Å². The molecular formula is C12H11F2NO2. The first kappa shape index (κ1) is 11.7. The molecule has 0 aliphatic carbocycles. The summed E-state index contributed by atoms with van der Waals surface area (Å²) in [6.45, 7) is 0.799. The SMILES string of the molecule is Cc1ccc(F)cc1N1C(=O)CC(CF)C1=O. The summed E-state index contributed by atoms with van der Waals surface area (Å²) in [6, 6.07) is 3.84. The number of benzene rings is 1. The summed E-state index contributed by atoms with van der Waals surface area (Å²) in [5.41, 5.74) is 0.809. The second kappa shape index (κ2) is 4.24. The number of amides is 2. The molecule has 0 aromatic heterocycles. The Morgan fingerprint density at radius 1 is 1.41 bits per heavy atom. The predicted molar refractivity (Wildman–Crippen MR) is 57.7 cm³/mol. The van der Waals surface area contributed by atoms with Gasteiger partial charge in [-0.2, -0.15) is 0 Å². The van der Waals surface area contributed by atoms with Crippen LogP contribution in [0.5, 0.6) is 0 Å². The summed E-state index contributed by atoms with van der Waals surface area (Å²) in [4.78, 5) is 24.3. The first-order valence-corrected chi connectivity index (χ1v) is 5.23. The van der Waals surface area contributed by atoms with Gasteiger partial charge in [-0.15, -0.1) is 0 Å². The zero-order valence-electron chi connectivity index (χ0n) is 9.24. The van der Waals surface area contributed by atoms with Crippen LogP contribution >= 0.6 is 0 Å². The van der Waals surface area contributed by atoms with Gasteiger partial charge in [-0.1, -0.05) is 6.07 Å². The summed E-state index contributed by atoms with van der Waals surface area (Å²) in [5.74, 6) is -2.53. The minimum atomic E-state index is -0.926. The van der Waals surface area contributed by atoms with E-state index in [1.807, 2.05) is 0 Å². The number of hydrogen-bond acceptors (Lipinski definition) is 2. The van der Waals surface area contributed by atoms with Crippen LogP contribution in [0.15, 0.2) is 18.2 Å². The van der Waals surface area contributed by atoms with Crippen molar-refractivity contribution in [1.82, 2.24) is 0 Å². The van der Waals surface area contributed by atoms with E-state index in [4.69, 9.17) is 0 Å². The fourth-order valence-corrected chi connectivity index (χ4v) is 1.89. The average Bonchev–Trinajstić information content (AvgIpc) is 2.58. The number of carbonyl (C=O) groups is 2. The second-order valence-corrected chi connectivity index (χ2v) is 4.05. The molecule has 0 radical (unpaired) electrons. The molecule has 0 N–H and O–H groups in total. The van der Waals surface area contributed by atoms with E-state index in [9.17, 15) is 18.4 Å². The third-order valence-corrected chi connectivity index (χ3v) is 2.84. The molecule has 1 fully saturated rings. The summed E-state index contributed by atoms with van der Waals surface area (Å²) in [6.07, 6.45) is -0.148. The van der Waals surface area contributed by atoms with E-state index >= 15 is 0 Å². The van der Waals surface area contributed by atoms with Crippen molar-refractivity contribution < 1.29 is 18.4 Å². The lowest BCUT2D eigenvalue weighted by atomic mass is 10.1. The number of aryl methyl sites for hydroxylation is 1. The van der Waals surface area contributed by atoms with E-state index in [1.165, 1.54) is 12.1 Å². The fraction of sp³-hybridized carbons (Fsp3) is 0.333. The van der Waals surface area contributed by atoms with Crippen molar-refractivity contribution in [2.24, 2.45) is 5.92 Å². The third kappa shape index (κ3) is 1.92. The average molecular weight is 239 g/mol. The lowest BCUT2D eigenvalue weighted by molar-refractivity contribution is -0.122. The summed E-state index contributed by atoms with van der Waals surface area (Å²) >= 11 is 0. The maximum Gasteiger partial charge on any atom is 0.240 e. The van der Waals surface area contributed by atoms with E-state index in [2.05, 4.69) is 0 Å². The lowest BCUT2D eigenvalue weighted by Gasteiger charge is -2.17. The number of alkyl halides is 1. The highest BCUT2D eigenvalue weighted by molar-refractivity contribution is 6.21. The smallest absolute Gasteiger partial charge is 0.240 e. The quantitative estimate of drug-likeness (QED) is 0.740. The Morgan fingerprint density at radius 2 is 2.12 bits per heavy atom. The molecule has 1 unspecified atom stereocenters. The van der Waals surface area contributed by atoms with E-state index in [1.54, 1.807) is 6.92 Å². The third-order valence-electron chi connectivity index (χ3n) is 2.84. The highest BCUT2D eigenvalue weighted by Crippen LogP contribution is 2.29. The Morgan fingerprint density at radius 3 is 2.71 bits per heavy atom. The van der Waals surface area contributed by atoms with Crippen LogP contribution < -0.4 is 4.90 Å². The van der Waals surface area contributed by atoms with Crippen LogP contribution in [-0.4, -0.2) is 18.5 Å². The van der Waals surface area contributed by atoms with Gasteiger partial charge in [-0.3, -0.25) is 14.0 Å². The van der Waals surface area contributed by atoms with Gasteiger partial charge in [0.2, 0.25) is 11.8 Å². The number of halogens is 2. The fourth-order valence-electron chi connectivity index (χ4n) is 1.89. The molecule has 1 atom stereocenters. The standard InChI is InChI=1S/C12H11F2NO2/c1-7-2-3-9(14)5-10(7)15-11(16)4-8(6-13)12(15)17/h2-3,5,8H,4,6H2,1H3. The van der Waals surface area contributed by atoms with Crippen molar-refractivity contribution in [2.75, 3.05) is 11.6 Å². The largest absolute Gasteiger partial charge is 0.274 e. The van der Waals surface area contributed by atoms with E-state index < -0.39 is 30.2 Å². The maximum absolute atomic E-state index is 13.1. The van der Waals surface area contributed by atoms with Crippen LogP contribution in [0.25, 0.3) is 0 Å². The Bertz CT molecular complexity index is 487. The Hall–Kier alpha value is -1.78. The number of carbonyl (C=O) groups excluding carboxylic acids is 2. The molecule has 1 aromatic rings. The molecule has 1 saturated heterocycles. The van der Waals surface area contributed by atoms with Crippen LogP contribution in [0.3, 0.4) is 0 Å². The highest BCUT2D eigenvalue weighted by atomic mass is 19.1. The molecule has 0 bridgehead atoms. The van der Waals surface area contributed by atoms with Crippen molar-refractivity contribution in [2.45, 2.75) is 13.3 Å². The van der Waals surface area contributed by atoms with E-state index in [0.717, 1.165) is 11.0 Å². The molecule has 1 heterocycles. The number of anilines is 1. The van der Waals surface area contributed by atoms with E-state index in [-0.39, 0.29) is 12.1 Å². The second-order valence-electron chi connectivity index (χ2n) is 4.05. The molecule has 90 valence electrons. The van der Waals surface area contributed by atoms with Gasteiger partial charge in [0.25, 0.3) is 0 Å². The van der Waals surface area contributed by atoms with Gasteiger partial charge >= 0.3 is 0 Å². The van der Waals surface area contributed by atoms with Gasteiger partial charge in [0.05, 0.1) is 11.6 Å². The van der Waals surface area contributed by atoms with Crippen molar-refractivity contribution in [3.8, 4) is 0 Å². The number of hydrogen-bond donors (Lipinski definition) is 0. The van der Waals surface area contributed by atoms with Gasteiger partial charge in [-0.05, 0) is 24.6 Å². The van der Waals surface area contributed by atoms with Crippen LogP contribution in [0.1, 0.15) is 12.0 Å². The summed E-state index contributed by atoms with van der Waals surface area (Å²) in [5, 5.41) is 0. The van der Waals surface area contributed by atoms with Gasteiger partial charge in [0.15, 0.2) is 0 Å². The minimum Gasteiger partial charge on any atom is -0.274 e. The van der Waals surface area contributed by atoms with Gasteiger partial charge in [0.1, 0.15) is 12.5 Å². The molecule has 1 aliphatic heterocycles. The monoisotopic (exact) mass is 239 g/mol. The highest BCUT2D eigenvalue weighted by Gasteiger charge is 2.40. The summed E-state index contributed by atoms with van der Waals surface area (Å²) < 4.78 is 25.6. The molecule has 2 rings (SSSR count). The first-order valence-electron chi connectivity index (χ1n) is 5.23. The molecular weight excluding hydrogens is 228 g/mol. The van der Waals surface area contributed by atoms with Crippen LogP contribution in [-0.2, 0) is 9.59 Å². The normalized spacial score (nSPS) is 20.2. The van der Waals surface area contributed by atoms with Crippen molar-refractivity contribution in [1.29, 1.82) is 0 Å². The molecule has 2 amide bonds. The van der Waals surface area contributed by atoms with Crippen LogP contribution in [0.4, 0.5) is 14.5 Å². The van der Waals surface area contributed by atoms with Crippen molar-refractivity contribution in [3.05, 3.63) is 29.6 Å². The zero-order chi connectivity index (χ0) is 12.6. The maximum atomic E-state index is 13.1. The number of imide groups is 1. The summed E-state index contributed by atoms with van der Waals surface area (Å²) in [7, 11) is 0. The lowest BCUT2D eigenvalue weighted by Crippen LogP contribution is -2.31. The van der Waals surface area contributed by atoms with E-state index in [0.29, 0.717) is 5.56 Å². The Labute approximate surface area is 97.0 Å². The zero-order valence-corrected chi connectivity index (χ0v) is 9.24. The van der Waals surface area contributed by atoms with Crippen LogP contribution in [0, 0.1) is 18.7 Å². The molecule has 17 heavy (non-hydrogen) atoms. The molecule has 0 saturated carbocycles. The van der Waals surface area contributed by atoms with Gasteiger partial charge < -0.3 is 0 Å². The van der Waals surface area contributed by atoms with Gasteiger partial charge in [0, 0.05) is 6.42 Å². The van der Waals surface area contributed by atoms with Crippen molar-refractivity contribution in [3.63, 3.8) is 0 Å². The topological polar surface area (TPSA) is 37.4 Å². The Balaban J connectivity index is 2.43. The minimum absolute atomic E-state index is 0.148. The molecule has 5 heteroatoms. The molecule has 3 nitrogen and oxygen atoms in total. The van der Waals surface area contributed by atoms with Crippen molar-refractivity contribution >= 4 is 17.5 Å². The number of nitrogens with zero attached hydrogens (tertiary/aromatic N) is 1. The number of rotatable bonds is 2. The molecule has 1 aliphatic rings. The van der Waals surface area contributed by atoms with Gasteiger partial charge in [-0.25, -0.2) is 9.29 Å². The molecule has 0 spiro atoms. The Kier molecular flexibility index (Phi) is 2.92.